The first kappa shape index (κ1) is 17.2. The zero-order valence-electron chi connectivity index (χ0n) is 12.8. The number of aliphatic carboxylic acids is 1. The van der Waals surface area contributed by atoms with E-state index in [1.54, 1.807) is 25.3 Å². The molecule has 6 nitrogen and oxygen atoms in total. The van der Waals surface area contributed by atoms with Crippen LogP contribution in [0.4, 0.5) is 0 Å². The van der Waals surface area contributed by atoms with Gasteiger partial charge in [0.25, 0.3) is 0 Å². The number of carboxylic acid groups (broad SMARTS) is 1. The molecule has 0 aliphatic heterocycles. The van der Waals surface area contributed by atoms with E-state index in [9.17, 15) is 9.59 Å². The summed E-state index contributed by atoms with van der Waals surface area (Å²) in [7, 11) is 0. The molecule has 0 spiro atoms. The van der Waals surface area contributed by atoms with Gasteiger partial charge in [-0.05, 0) is 30.9 Å². The molecule has 0 aromatic carbocycles. The fourth-order valence-electron chi connectivity index (χ4n) is 2.04. The van der Waals surface area contributed by atoms with E-state index in [2.05, 4.69) is 10.6 Å². The summed E-state index contributed by atoms with van der Waals surface area (Å²) in [5, 5.41) is 14.8. The summed E-state index contributed by atoms with van der Waals surface area (Å²) < 4.78 is 5.16. The molecular formula is C15H24N2O4. The van der Waals surface area contributed by atoms with Gasteiger partial charge in [0, 0.05) is 0 Å². The molecule has 1 rings (SSSR count). The molecular weight excluding hydrogens is 272 g/mol. The molecule has 1 amide bonds. The van der Waals surface area contributed by atoms with Crippen LogP contribution in [0.2, 0.25) is 0 Å². The van der Waals surface area contributed by atoms with Crippen LogP contribution in [-0.2, 0) is 16.1 Å². The largest absolute Gasteiger partial charge is 0.480 e. The molecule has 118 valence electrons. The maximum atomic E-state index is 12.2. The highest BCUT2D eigenvalue weighted by molar-refractivity contribution is 5.83. The molecule has 6 heteroatoms. The number of carboxylic acids is 1. The smallest absolute Gasteiger partial charge is 0.320 e. The van der Waals surface area contributed by atoms with Crippen molar-refractivity contribution in [2.45, 2.75) is 52.2 Å². The topological polar surface area (TPSA) is 91.6 Å². The zero-order valence-corrected chi connectivity index (χ0v) is 12.8. The molecule has 0 aliphatic carbocycles. The number of rotatable bonds is 9. The van der Waals surface area contributed by atoms with Gasteiger partial charge in [0.2, 0.25) is 5.91 Å². The van der Waals surface area contributed by atoms with E-state index in [1.807, 2.05) is 13.8 Å². The second-order valence-corrected chi connectivity index (χ2v) is 5.45. The van der Waals surface area contributed by atoms with Gasteiger partial charge in [-0.2, -0.15) is 0 Å². The van der Waals surface area contributed by atoms with Gasteiger partial charge in [-0.1, -0.05) is 20.8 Å². The number of hydrogen-bond acceptors (Lipinski definition) is 4. The third kappa shape index (κ3) is 5.99. The molecule has 1 aromatic rings. The van der Waals surface area contributed by atoms with Crippen molar-refractivity contribution in [1.82, 2.24) is 10.6 Å². The fraction of sp³-hybridized carbons (Fsp3) is 0.600. The molecule has 2 unspecified atom stereocenters. The van der Waals surface area contributed by atoms with E-state index >= 15 is 0 Å². The molecule has 1 aromatic heterocycles. The molecule has 21 heavy (non-hydrogen) atoms. The summed E-state index contributed by atoms with van der Waals surface area (Å²) in [6.45, 7) is 6.07. The van der Waals surface area contributed by atoms with Crippen LogP contribution in [0, 0.1) is 5.92 Å². The van der Waals surface area contributed by atoms with Crippen LogP contribution >= 0.6 is 0 Å². The molecule has 0 fully saturated rings. The van der Waals surface area contributed by atoms with E-state index in [0.717, 1.165) is 0 Å². The summed E-state index contributed by atoms with van der Waals surface area (Å²) in [6.07, 6.45) is 2.55. The Bertz CT molecular complexity index is 443. The van der Waals surface area contributed by atoms with Gasteiger partial charge in [-0.3, -0.25) is 14.9 Å². The second-order valence-electron chi connectivity index (χ2n) is 5.45. The fourth-order valence-corrected chi connectivity index (χ4v) is 2.04. The Morgan fingerprint density at radius 1 is 1.33 bits per heavy atom. The predicted molar refractivity (Wildman–Crippen MR) is 78.6 cm³/mol. The van der Waals surface area contributed by atoms with Crippen molar-refractivity contribution in [3.05, 3.63) is 24.2 Å². The number of carbonyl (C=O) groups is 2. The van der Waals surface area contributed by atoms with Crippen LogP contribution < -0.4 is 10.6 Å². The van der Waals surface area contributed by atoms with Gasteiger partial charge in [0.05, 0.1) is 18.8 Å². The van der Waals surface area contributed by atoms with Gasteiger partial charge >= 0.3 is 5.97 Å². The first-order valence-electron chi connectivity index (χ1n) is 7.23. The minimum absolute atomic E-state index is 0.209. The molecule has 1 heterocycles. The van der Waals surface area contributed by atoms with E-state index in [-0.39, 0.29) is 11.8 Å². The Balaban J connectivity index is 2.62. The average molecular weight is 296 g/mol. The van der Waals surface area contributed by atoms with Crippen LogP contribution in [0.25, 0.3) is 0 Å². The number of furan rings is 1. The first-order chi connectivity index (χ1) is 9.93. The molecule has 0 radical (unpaired) electrons. The number of nitrogens with one attached hydrogen (secondary N) is 2. The number of hydrogen-bond donors (Lipinski definition) is 3. The maximum Gasteiger partial charge on any atom is 0.320 e. The minimum Gasteiger partial charge on any atom is -0.480 e. The standard InChI is InChI=1S/C15H24N2O4/c1-4-12(15(19)20)17-13(8-10(2)3)14(18)16-9-11-6-5-7-21-11/h5-7,10,12-13,17H,4,8-9H2,1-3H3,(H,16,18)(H,19,20). The Morgan fingerprint density at radius 3 is 2.52 bits per heavy atom. The Morgan fingerprint density at radius 2 is 2.05 bits per heavy atom. The highest BCUT2D eigenvalue weighted by Crippen LogP contribution is 2.08. The highest BCUT2D eigenvalue weighted by atomic mass is 16.4. The lowest BCUT2D eigenvalue weighted by atomic mass is 10.0. The quantitative estimate of drug-likeness (QED) is 0.646. The molecule has 2 atom stereocenters. The predicted octanol–water partition coefficient (Wildman–Crippen LogP) is 1.76. The average Bonchev–Trinajstić information content (AvgIpc) is 2.93. The molecule has 0 saturated carbocycles. The van der Waals surface area contributed by atoms with Crippen LogP contribution in [0.3, 0.4) is 0 Å². The Kier molecular flexibility index (Phi) is 6.94. The lowest BCUT2D eigenvalue weighted by molar-refractivity contribution is -0.140. The summed E-state index contributed by atoms with van der Waals surface area (Å²) in [5.74, 6) is -0.204. The monoisotopic (exact) mass is 296 g/mol. The Hall–Kier alpha value is -1.82. The molecule has 0 bridgehead atoms. The highest BCUT2D eigenvalue weighted by Gasteiger charge is 2.25. The molecule has 0 aliphatic rings. The maximum absolute atomic E-state index is 12.2. The summed E-state index contributed by atoms with van der Waals surface area (Å²) in [4.78, 5) is 23.3. The van der Waals surface area contributed by atoms with Gasteiger partial charge in [-0.15, -0.1) is 0 Å². The third-order valence-corrected chi connectivity index (χ3v) is 3.15. The van der Waals surface area contributed by atoms with Crippen LogP contribution in [0.1, 0.15) is 39.4 Å². The van der Waals surface area contributed by atoms with Crippen molar-refractivity contribution in [1.29, 1.82) is 0 Å². The molecule has 0 saturated heterocycles. The summed E-state index contributed by atoms with van der Waals surface area (Å²) >= 11 is 0. The zero-order chi connectivity index (χ0) is 15.8. The minimum atomic E-state index is -0.940. The van der Waals surface area contributed by atoms with Gasteiger partial charge < -0.3 is 14.8 Å². The van der Waals surface area contributed by atoms with E-state index < -0.39 is 18.1 Å². The Labute approximate surface area is 124 Å². The van der Waals surface area contributed by atoms with Gasteiger partial charge in [-0.25, -0.2) is 0 Å². The van der Waals surface area contributed by atoms with Crippen molar-refractivity contribution < 1.29 is 19.1 Å². The van der Waals surface area contributed by atoms with Gasteiger partial charge in [0.15, 0.2) is 0 Å². The van der Waals surface area contributed by atoms with Crippen LogP contribution in [0.5, 0.6) is 0 Å². The first-order valence-corrected chi connectivity index (χ1v) is 7.23. The lowest BCUT2D eigenvalue weighted by Crippen LogP contribution is -2.51. The van der Waals surface area contributed by atoms with Crippen molar-refractivity contribution in [2.75, 3.05) is 0 Å². The number of carbonyl (C=O) groups excluding carboxylic acids is 1. The van der Waals surface area contributed by atoms with Crippen molar-refractivity contribution in [3.63, 3.8) is 0 Å². The lowest BCUT2D eigenvalue weighted by Gasteiger charge is -2.23. The van der Waals surface area contributed by atoms with E-state index in [0.29, 0.717) is 25.1 Å². The third-order valence-electron chi connectivity index (χ3n) is 3.15. The van der Waals surface area contributed by atoms with Crippen LogP contribution in [-0.4, -0.2) is 29.1 Å². The second kappa shape index (κ2) is 8.46. The van der Waals surface area contributed by atoms with Crippen molar-refractivity contribution in [3.8, 4) is 0 Å². The van der Waals surface area contributed by atoms with E-state index in [4.69, 9.17) is 9.52 Å². The number of amides is 1. The summed E-state index contributed by atoms with van der Waals surface area (Å²) in [5.41, 5.74) is 0. The normalized spacial score (nSPS) is 13.9. The van der Waals surface area contributed by atoms with Gasteiger partial charge in [0.1, 0.15) is 11.8 Å². The van der Waals surface area contributed by atoms with Crippen molar-refractivity contribution >= 4 is 11.9 Å². The van der Waals surface area contributed by atoms with Crippen molar-refractivity contribution in [2.24, 2.45) is 5.92 Å². The molecule has 3 N–H and O–H groups in total. The SMILES string of the molecule is CCC(NC(CC(C)C)C(=O)NCc1ccco1)C(=O)O. The van der Waals surface area contributed by atoms with E-state index in [1.165, 1.54) is 0 Å². The van der Waals surface area contributed by atoms with Crippen LogP contribution in [0.15, 0.2) is 22.8 Å². The summed E-state index contributed by atoms with van der Waals surface area (Å²) in [6, 6.07) is 2.28.